The molecule has 1 nitrogen and oxygen atoms in total. The minimum absolute atomic E-state index is 0.0391. The van der Waals surface area contributed by atoms with Crippen LogP contribution < -0.4 is 5.73 Å². The van der Waals surface area contributed by atoms with Crippen LogP contribution in [0.4, 0.5) is 4.39 Å². The third-order valence-corrected chi connectivity index (χ3v) is 2.85. The molecule has 2 rings (SSSR count). The maximum Gasteiger partial charge on any atom is 0.131 e. The van der Waals surface area contributed by atoms with Gasteiger partial charge in [0.25, 0.3) is 0 Å². The van der Waals surface area contributed by atoms with Gasteiger partial charge in [-0.05, 0) is 43.2 Å². The molecule has 2 N–H and O–H groups in total. The predicted octanol–water partition coefficient (Wildman–Crippen LogP) is 3.82. The molecule has 0 aliphatic heterocycles. The molecule has 0 bridgehead atoms. The molecule has 0 spiro atoms. The monoisotopic (exact) mass is 229 g/mol. The molecule has 0 saturated heterocycles. The minimum atomic E-state index is -0.197. The molecule has 2 aromatic rings. The fourth-order valence-corrected chi connectivity index (χ4v) is 1.85. The summed E-state index contributed by atoms with van der Waals surface area (Å²) in [5, 5.41) is 0. The molecule has 0 saturated carbocycles. The second-order valence-corrected chi connectivity index (χ2v) is 4.40. The van der Waals surface area contributed by atoms with E-state index in [-0.39, 0.29) is 11.9 Å². The van der Waals surface area contributed by atoms with Gasteiger partial charge >= 0.3 is 0 Å². The normalized spacial score (nSPS) is 12.5. The molecule has 0 heterocycles. The van der Waals surface area contributed by atoms with Gasteiger partial charge in [-0.1, -0.05) is 29.8 Å². The Bertz CT molecular complexity index is 532. The highest BCUT2D eigenvalue weighted by Crippen LogP contribution is 2.26. The van der Waals surface area contributed by atoms with Gasteiger partial charge < -0.3 is 5.73 Å². The van der Waals surface area contributed by atoms with E-state index in [4.69, 9.17) is 5.73 Å². The van der Waals surface area contributed by atoms with Crippen molar-refractivity contribution in [3.05, 3.63) is 59.4 Å². The lowest BCUT2D eigenvalue weighted by molar-refractivity contribution is 0.631. The quantitative estimate of drug-likeness (QED) is 0.832. The predicted molar refractivity (Wildman–Crippen MR) is 69.2 cm³/mol. The van der Waals surface area contributed by atoms with Gasteiger partial charge in [-0.2, -0.15) is 0 Å². The van der Waals surface area contributed by atoms with Gasteiger partial charge in [0.15, 0.2) is 0 Å². The van der Waals surface area contributed by atoms with E-state index in [1.165, 1.54) is 6.07 Å². The highest BCUT2D eigenvalue weighted by atomic mass is 19.1. The van der Waals surface area contributed by atoms with Crippen LogP contribution in [0.2, 0.25) is 0 Å². The zero-order valence-electron chi connectivity index (χ0n) is 10.1. The summed E-state index contributed by atoms with van der Waals surface area (Å²) < 4.78 is 13.8. The first-order chi connectivity index (χ1) is 8.08. The van der Waals surface area contributed by atoms with Gasteiger partial charge in [-0.15, -0.1) is 0 Å². The number of hydrogen-bond acceptors (Lipinski definition) is 1. The molecule has 0 aliphatic rings. The molecule has 1 atom stereocenters. The molecule has 0 fully saturated rings. The van der Waals surface area contributed by atoms with Gasteiger partial charge in [-0.25, -0.2) is 4.39 Å². The van der Waals surface area contributed by atoms with E-state index in [1.54, 1.807) is 6.07 Å². The van der Waals surface area contributed by atoms with Crippen LogP contribution >= 0.6 is 0 Å². The summed E-state index contributed by atoms with van der Waals surface area (Å²) in [5.41, 5.74) is 9.41. The zero-order valence-corrected chi connectivity index (χ0v) is 10.1. The first-order valence-corrected chi connectivity index (χ1v) is 5.70. The fraction of sp³-hybridized carbons (Fsp3) is 0.200. The van der Waals surface area contributed by atoms with Gasteiger partial charge in [0.1, 0.15) is 5.82 Å². The number of nitrogens with two attached hydrogens (primary N) is 1. The van der Waals surface area contributed by atoms with E-state index in [2.05, 4.69) is 0 Å². The number of aryl methyl sites for hydroxylation is 1. The van der Waals surface area contributed by atoms with Crippen molar-refractivity contribution in [2.75, 3.05) is 0 Å². The van der Waals surface area contributed by atoms with E-state index in [9.17, 15) is 4.39 Å². The van der Waals surface area contributed by atoms with Gasteiger partial charge in [0.2, 0.25) is 0 Å². The Labute approximate surface area is 101 Å². The van der Waals surface area contributed by atoms with Crippen LogP contribution in [0.3, 0.4) is 0 Å². The molecular weight excluding hydrogens is 213 g/mol. The van der Waals surface area contributed by atoms with Crippen LogP contribution in [0, 0.1) is 12.7 Å². The lowest BCUT2D eigenvalue weighted by Gasteiger charge is -2.09. The van der Waals surface area contributed by atoms with Gasteiger partial charge in [0.05, 0.1) is 0 Å². The average Bonchev–Trinajstić information content (AvgIpc) is 2.32. The summed E-state index contributed by atoms with van der Waals surface area (Å²) in [6.07, 6.45) is 0. The summed E-state index contributed by atoms with van der Waals surface area (Å²) in [6.45, 7) is 3.88. The topological polar surface area (TPSA) is 26.0 Å². The highest BCUT2D eigenvalue weighted by Gasteiger charge is 2.07. The minimum Gasteiger partial charge on any atom is -0.324 e. The standard InChI is InChI=1S/C15H16FN/c1-10-6-7-15(16)14(8-10)13-5-3-4-12(9-13)11(2)17/h3-9,11H,17H2,1-2H3. The average molecular weight is 229 g/mol. The largest absolute Gasteiger partial charge is 0.324 e. The molecule has 1 unspecified atom stereocenters. The van der Waals surface area contributed by atoms with Crippen molar-refractivity contribution in [1.29, 1.82) is 0 Å². The summed E-state index contributed by atoms with van der Waals surface area (Å²) >= 11 is 0. The van der Waals surface area contributed by atoms with Crippen molar-refractivity contribution < 1.29 is 4.39 Å². The molecule has 2 heteroatoms. The molecule has 2 aromatic carbocycles. The number of rotatable bonds is 2. The Kier molecular flexibility index (Phi) is 3.25. The van der Waals surface area contributed by atoms with Crippen LogP contribution in [0.15, 0.2) is 42.5 Å². The lowest BCUT2D eigenvalue weighted by atomic mass is 9.99. The van der Waals surface area contributed by atoms with Crippen molar-refractivity contribution >= 4 is 0 Å². The van der Waals surface area contributed by atoms with Crippen molar-refractivity contribution in [1.82, 2.24) is 0 Å². The van der Waals surface area contributed by atoms with Crippen molar-refractivity contribution in [2.45, 2.75) is 19.9 Å². The van der Waals surface area contributed by atoms with Crippen LogP contribution in [-0.4, -0.2) is 0 Å². The maximum atomic E-state index is 13.8. The Balaban J connectivity index is 2.52. The Morgan fingerprint density at radius 1 is 1.12 bits per heavy atom. The summed E-state index contributed by atoms with van der Waals surface area (Å²) in [7, 11) is 0. The fourth-order valence-electron chi connectivity index (χ4n) is 1.85. The Hall–Kier alpha value is -1.67. The highest BCUT2D eigenvalue weighted by molar-refractivity contribution is 5.65. The maximum absolute atomic E-state index is 13.8. The molecule has 0 aliphatic carbocycles. The van der Waals surface area contributed by atoms with Crippen molar-refractivity contribution in [2.24, 2.45) is 5.73 Å². The van der Waals surface area contributed by atoms with E-state index >= 15 is 0 Å². The lowest BCUT2D eigenvalue weighted by Crippen LogP contribution is -2.04. The third-order valence-electron chi connectivity index (χ3n) is 2.85. The van der Waals surface area contributed by atoms with Crippen LogP contribution in [0.1, 0.15) is 24.1 Å². The van der Waals surface area contributed by atoms with Crippen molar-refractivity contribution in [3.8, 4) is 11.1 Å². The summed E-state index contributed by atoms with van der Waals surface area (Å²) in [6, 6.07) is 12.8. The Morgan fingerprint density at radius 2 is 1.88 bits per heavy atom. The molecule has 17 heavy (non-hydrogen) atoms. The van der Waals surface area contributed by atoms with Crippen LogP contribution in [0.25, 0.3) is 11.1 Å². The third kappa shape index (κ3) is 2.53. The number of hydrogen-bond donors (Lipinski definition) is 1. The van der Waals surface area contributed by atoms with Gasteiger partial charge in [0, 0.05) is 11.6 Å². The van der Waals surface area contributed by atoms with Crippen molar-refractivity contribution in [3.63, 3.8) is 0 Å². The first-order valence-electron chi connectivity index (χ1n) is 5.70. The number of benzene rings is 2. The summed E-state index contributed by atoms with van der Waals surface area (Å²) in [5.74, 6) is -0.197. The SMILES string of the molecule is Cc1ccc(F)c(-c2cccc(C(C)N)c2)c1. The molecule has 88 valence electrons. The second kappa shape index (κ2) is 4.68. The molecule has 0 amide bonds. The Morgan fingerprint density at radius 3 is 2.59 bits per heavy atom. The molecular formula is C15H16FN. The van der Waals surface area contributed by atoms with E-state index in [0.717, 1.165) is 16.7 Å². The molecule has 0 radical (unpaired) electrons. The van der Waals surface area contributed by atoms with E-state index < -0.39 is 0 Å². The summed E-state index contributed by atoms with van der Waals surface area (Å²) in [4.78, 5) is 0. The smallest absolute Gasteiger partial charge is 0.131 e. The number of halogens is 1. The van der Waals surface area contributed by atoms with E-state index in [0.29, 0.717) is 5.56 Å². The zero-order chi connectivity index (χ0) is 12.4. The first kappa shape index (κ1) is 11.8. The van der Waals surface area contributed by atoms with Gasteiger partial charge in [-0.3, -0.25) is 0 Å². The second-order valence-electron chi connectivity index (χ2n) is 4.40. The molecule has 0 aromatic heterocycles. The van der Waals surface area contributed by atoms with Crippen LogP contribution in [-0.2, 0) is 0 Å². The van der Waals surface area contributed by atoms with E-state index in [1.807, 2.05) is 44.2 Å². The van der Waals surface area contributed by atoms with Crippen LogP contribution in [0.5, 0.6) is 0 Å².